The molecule has 1 aliphatic heterocycles. The van der Waals surface area contributed by atoms with Crippen LogP contribution in [0.3, 0.4) is 0 Å². The fourth-order valence-corrected chi connectivity index (χ4v) is 1.77. The second-order valence-corrected chi connectivity index (χ2v) is 3.55. The first-order valence-corrected chi connectivity index (χ1v) is 4.57. The van der Waals surface area contributed by atoms with Gasteiger partial charge in [0.25, 0.3) is 0 Å². The summed E-state index contributed by atoms with van der Waals surface area (Å²) < 4.78 is 2.09. The number of hydrogen-bond donors (Lipinski definition) is 0. The summed E-state index contributed by atoms with van der Waals surface area (Å²) >= 11 is 0. The fraction of sp³-hybridized carbons (Fsp3) is 0.667. The zero-order chi connectivity index (χ0) is 8.55. The van der Waals surface area contributed by atoms with Crippen LogP contribution in [0, 0.1) is 0 Å². The first-order chi connectivity index (χ1) is 5.79. The van der Waals surface area contributed by atoms with E-state index in [0.717, 1.165) is 6.54 Å². The van der Waals surface area contributed by atoms with E-state index in [-0.39, 0.29) is 0 Å². The second kappa shape index (κ2) is 2.81. The molecule has 1 aromatic heterocycles. The van der Waals surface area contributed by atoms with Crippen molar-refractivity contribution in [3.63, 3.8) is 0 Å². The van der Waals surface area contributed by atoms with Gasteiger partial charge in [-0.25, -0.2) is 4.68 Å². The maximum Gasteiger partial charge on any atom is 0.127 e. The minimum absolute atomic E-state index is 0.584. The van der Waals surface area contributed by atoms with E-state index in [4.69, 9.17) is 0 Å². The van der Waals surface area contributed by atoms with Crippen LogP contribution in [-0.2, 0) is 6.54 Å². The molecule has 12 heavy (non-hydrogen) atoms. The van der Waals surface area contributed by atoms with E-state index in [1.54, 1.807) is 0 Å². The van der Waals surface area contributed by atoms with E-state index >= 15 is 0 Å². The van der Waals surface area contributed by atoms with Crippen LogP contribution in [0.5, 0.6) is 0 Å². The quantitative estimate of drug-likeness (QED) is 0.629. The number of aryl methyl sites for hydroxylation is 1. The van der Waals surface area contributed by atoms with Gasteiger partial charge in [-0.3, -0.25) is 0 Å². The van der Waals surface area contributed by atoms with Crippen LogP contribution in [0.25, 0.3) is 0 Å². The molecule has 1 aromatic rings. The first-order valence-electron chi connectivity index (χ1n) is 4.57. The predicted molar refractivity (Wildman–Crippen MR) is 49.3 cm³/mol. The van der Waals surface area contributed by atoms with Gasteiger partial charge in [0.05, 0.1) is 6.20 Å². The molecule has 2 rings (SSSR count). The predicted octanol–water partition coefficient (Wildman–Crippen LogP) is 1.50. The number of hydrogen-bond acceptors (Lipinski definition) is 2. The van der Waals surface area contributed by atoms with Crippen molar-refractivity contribution in [3.8, 4) is 0 Å². The van der Waals surface area contributed by atoms with Gasteiger partial charge in [-0.15, -0.1) is 0 Å². The summed E-state index contributed by atoms with van der Waals surface area (Å²) in [7, 11) is 0. The highest BCUT2D eigenvalue weighted by Crippen LogP contribution is 2.21. The number of rotatable bonds is 1. The first kappa shape index (κ1) is 7.65. The van der Waals surface area contributed by atoms with Gasteiger partial charge in [0, 0.05) is 25.2 Å². The average molecular weight is 165 g/mol. The van der Waals surface area contributed by atoms with Gasteiger partial charge in [0.15, 0.2) is 0 Å². The minimum atomic E-state index is 0.584. The summed E-state index contributed by atoms with van der Waals surface area (Å²) in [5.74, 6) is 1.27. The van der Waals surface area contributed by atoms with E-state index < -0.39 is 0 Å². The van der Waals surface area contributed by atoms with Crippen molar-refractivity contribution in [3.05, 3.63) is 12.3 Å². The molecule has 0 amide bonds. The minimum Gasteiger partial charge on any atom is -0.354 e. The molecule has 0 N–H and O–H groups in total. The Morgan fingerprint density at radius 3 is 3.00 bits per heavy atom. The smallest absolute Gasteiger partial charge is 0.127 e. The molecule has 0 atom stereocenters. The Morgan fingerprint density at radius 1 is 1.42 bits per heavy atom. The highest BCUT2D eigenvalue weighted by molar-refractivity contribution is 5.40. The van der Waals surface area contributed by atoms with Gasteiger partial charge in [-0.1, -0.05) is 0 Å². The molecule has 0 saturated carbocycles. The SMILES string of the molecule is CC(C)N1CCCn2nccc21. The Morgan fingerprint density at radius 2 is 2.25 bits per heavy atom. The molecule has 1 aliphatic rings. The van der Waals surface area contributed by atoms with Crippen LogP contribution in [0.2, 0.25) is 0 Å². The zero-order valence-electron chi connectivity index (χ0n) is 7.70. The zero-order valence-corrected chi connectivity index (χ0v) is 7.70. The maximum atomic E-state index is 4.26. The lowest BCUT2D eigenvalue weighted by atomic mass is 10.2. The molecule has 2 heterocycles. The summed E-state index contributed by atoms with van der Waals surface area (Å²) in [6, 6.07) is 2.68. The molecule has 3 heteroatoms. The summed E-state index contributed by atoms with van der Waals surface area (Å²) in [6.45, 7) is 6.69. The Balaban J connectivity index is 2.31. The van der Waals surface area contributed by atoms with Crippen LogP contribution in [0.4, 0.5) is 5.82 Å². The fourth-order valence-electron chi connectivity index (χ4n) is 1.77. The maximum absolute atomic E-state index is 4.26. The van der Waals surface area contributed by atoms with Crippen LogP contribution >= 0.6 is 0 Å². The van der Waals surface area contributed by atoms with Crippen molar-refractivity contribution in [1.82, 2.24) is 9.78 Å². The summed E-state index contributed by atoms with van der Waals surface area (Å²) in [4.78, 5) is 2.40. The topological polar surface area (TPSA) is 21.1 Å². The third-order valence-corrected chi connectivity index (χ3v) is 2.38. The Kier molecular flexibility index (Phi) is 1.79. The molecule has 3 nitrogen and oxygen atoms in total. The number of anilines is 1. The third-order valence-electron chi connectivity index (χ3n) is 2.38. The summed E-state index contributed by atoms with van der Waals surface area (Å²) in [5, 5.41) is 4.26. The lowest BCUT2D eigenvalue weighted by Crippen LogP contribution is -2.37. The molecule has 0 spiro atoms. The van der Waals surface area contributed by atoms with Crippen molar-refractivity contribution >= 4 is 5.82 Å². The average Bonchev–Trinajstić information content (AvgIpc) is 2.49. The normalized spacial score (nSPS) is 16.8. The molecular formula is C9H15N3. The molecule has 0 saturated heterocycles. The Hall–Kier alpha value is -0.990. The van der Waals surface area contributed by atoms with Gasteiger partial charge in [0.2, 0.25) is 0 Å². The van der Waals surface area contributed by atoms with Crippen molar-refractivity contribution in [1.29, 1.82) is 0 Å². The molecule has 0 radical (unpaired) electrons. The van der Waals surface area contributed by atoms with Crippen LogP contribution < -0.4 is 4.90 Å². The third kappa shape index (κ3) is 1.09. The van der Waals surface area contributed by atoms with Crippen molar-refractivity contribution in [2.24, 2.45) is 0 Å². The number of fused-ring (bicyclic) bond motifs is 1. The number of aromatic nitrogens is 2. The van der Waals surface area contributed by atoms with E-state index in [9.17, 15) is 0 Å². The molecular weight excluding hydrogens is 150 g/mol. The van der Waals surface area contributed by atoms with E-state index in [1.807, 2.05) is 6.20 Å². The highest BCUT2D eigenvalue weighted by atomic mass is 15.4. The monoisotopic (exact) mass is 165 g/mol. The van der Waals surface area contributed by atoms with Gasteiger partial charge >= 0.3 is 0 Å². The largest absolute Gasteiger partial charge is 0.354 e. The van der Waals surface area contributed by atoms with Gasteiger partial charge in [-0.05, 0) is 20.3 Å². The lowest BCUT2D eigenvalue weighted by molar-refractivity contribution is 0.495. The standard InChI is InChI=1S/C9H15N3/c1-8(2)11-6-3-7-12-9(11)4-5-10-12/h4-5,8H,3,6-7H2,1-2H3. The van der Waals surface area contributed by atoms with Crippen molar-refractivity contribution in [2.75, 3.05) is 11.4 Å². The summed E-state index contributed by atoms with van der Waals surface area (Å²) in [5.41, 5.74) is 0. The van der Waals surface area contributed by atoms with Crippen LogP contribution in [0.15, 0.2) is 12.3 Å². The Bertz CT molecular complexity index is 264. The van der Waals surface area contributed by atoms with Crippen molar-refractivity contribution < 1.29 is 0 Å². The van der Waals surface area contributed by atoms with Gasteiger partial charge in [-0.2, -0.15) is 5.10 Å². The molecule has 0 bridgehead atoms. The number of nitrogens with zero attached hydrogens (tertiary/aromatic N) is 3. The van der Waals surface area contributed by atoms with E-state index in [2.05, 4.69) is 34.6 Å². The molecule has 0 aliphatic carbocycles. The molecule has 0 fully saturated rings. The summed E-state index contributed by atoms with van der Waals surface area (Å²) in [6.07, 6.45) is 3.10. The van der Waals surface area contributed by atoms with Gasteiger partial charge < -0.3 is 4.90 Å². The lowest BCUT2D eigenvalue weighted by Gasteiger charge is -2.32. The second-order valence-electron chi connectivity index (χ2n) is 3.55. The van der Waals surface area contributed by atoms with Crippen LogP contribution in [-0.4, -0.2) is 22.4 Å². The molecule has 0 aromatic carbocycles. The Labute approximate surface area is 73.0 Å². The van der Waals surface area contributed by atoms with E-state index in [0.29, 0.717) is 6.04 Å². The van der Waals surface area contributed by atoms with Crippen molar-refractivity contribution in [2.45, 2.75) is 32.9 Å². The molecule has 66 valence electrons. The van der Waals surface area contributed by atoms with E-state index in [1.165, 1.54) is 18.8 Å². The molecule has 0 unspecified atom stereocenters. The van der Waals surface area contributed by atoms with Crippen LogP contribution in [0.1, 0.15) is 20.3 Å². The van der Waals surface area contributed by atoms with Gasteiger partial charge in [0.1, 0.15) is 5.82 Å². The highest BCUT2D eigenvalue weighted by Gasteiger charge is 2.18.